The lowest BCUT2D eigenvalue weighted by molar-refractivity contribution is 0.0408. The van der Waals surface area contributed by atoms with E-state index in [-0.39, 0.29) is 6.10 Å². The summed E-state index contributed by atoms with van der Waals surface area (Å²) in [5.41, 5.74) is 2.35. The number of aryl methyl sites for hydroxylation is 1. The maximum absolute atomic E-state index is 5.91. The van der Waals surface area contributed by atoms with Gasteiger partial charge in [0, 0.05) is 24.0 Å². The van der Waals surface area contributed by atoms with Crippen LogP contribution >= 0.6 is 15.9 Å². The van der Waals surface area contributed by atoms with Crippen molar-refractivity contribution in [3.05, 3.63) is 58.2 Å². The number of anilines is 1. The molecule has 0 radical (unpaired) electrons. The monoisotopic (exact) mass is 346 g/mol. The van der Waals surface area contributed by atoms with Gasteiger partial charge >= 0.3 is 0 Å². The Morgan fingerprint density at radius 3 is 2.81 bits per heavy atom. The van der Waals surface area contributed by atoms with Gasteiger partial charge < -0.3 is 9.64 Å². The van der Waals surface area contributed by atoms with Crippen LogP contribution < -0.4 is 4.90 Å². The highest BCUT2D eigenvalue weighted by molar-refractivity contribution is 9.10. The number of hydrogen-bond acceptors (Lipinski definition) is 3. The molecule has 1 aliphatic rings. The first-order valence-corrected chi connectivity index (χ1v) is 8.05. The summed E-state index contributed by atoms with van der Waals surface area (Å²) in [5.74, 6) is 1.04. The topological polar surface area (TPSA) is 25.4 Å². The van der Waals surface area contributed by atoms with Crippen LogP contribution in [-0.4, -0.2) is 30.8 Å². The van der Waals surface area contributed by atoms with Crippen LogP contribution in [0.4, 0.5) is 5.82 Å². The molecule has 0 N–H and O–H groups in total. The second-order valence-corrected chi connectivity index (χ2v) is 6.22. The molecule has 1 atom stereocenters. The van der Waals surface area contributed by atoms with Crippen molar-refractivity contribution in [1.82, 2.24) is 4.98 Å². The molecule has 21 heavy (non-hydrogen) atoms. The summed E-state index contributed by atoms with van der Waals surface area (Å²) in [6.07, 6.45) is 1.18. The molecule has 3 nitrogen and oxygen atoms in total. The molecule has 1 unspecified atom stereocenters. The normalized spacial score (nSPS) is 18.8. The highest BCUT2D eigenvalue weighted by Crippen LogP contribution is 2.21. The molecule has 1 saturated heterocycles. The zero-order valence-corrected chi connectivity index (χ0v) is 13.7. The van der Waals surface area contributed by atoms with Gasteiger partial charge in [0.25, 0.3) is 0 Å². The van der Waals surface area contributed by atoms with Gasteiger partial charge in [-0.25, -0.2) is 4.98 Å². The van der Waals surface area contributed by atoms with Gasteiger partial charge in [0.05, 0.1) is 18.4 Å². The predicted octanol–water partition coefficient (Wildman–Crippen LogP) is 3.60. The Bertz CT molecular complexity index is 603. The molecule has 3 rings (SSSR count). The molecular formula is C17H19BrN2O. The zero-order chi connectivity index (χ0) is 14.7. The SMILES string of the molecule is Cc1nc(N2CCOC(Cc3ccccc3)C2)ccc1Br. The molecule has 0 saturated carbocycles. The second-order valence-electron chi connectivity index (χ2n) is 5.37. The fraction of sp³-hybridized carbons (Fsp3) is 0.353. The minimum absolute atomic E-state index is 0.229. The fourth-order valence-electron chi connectivity index (χ4n) is 2.63. The summed E-state index contributed by atoms with van der Waals surface area (Å²) >= 11 is 3.50. The van der Waals surface area contributed by atoms with E-state index in [4.69, 9.17) is 4.74 Å². The van der Waals surface area contributed by atoms with Crippen LogP contribution in [0.5, 0.6) is 0 Å². The third-order valence-corrected chi connectivity index (χ3v) is 4.61. The second kappa shape index (κ2) is 6.58. The molecule has 0 amide bonds. The molecule has 0 aliphatic carbocycles. The first kappa shape index (κ1) is 14.5. The summed E-state index contributed by atoms with van der Waals surface area (Å²) in [6.45, 7) is 4.58. The van der Waals surface area contributed by atoms with Gasteiger partial charge in [0.15, 0.2) is 0 Å². The van der Waals surface area contributed by atoms with E-state index in [1.54, 1.807) is 0 Å². The maximum Gasteiger partial charge on any atom is 0.129 e. The molecule has 1 aliphatic heterocycles. The third-order valence-electron chi connectivity index (χ3n) is 3.78. The Morgan fingerprint density at radius 2 is 2.05 bits per heavy atom. The van der Waals surface area contributed by atoms with Crippen LogP contribution in [0, 0.1) is 6.92 Å². The zero-order valence-electron chi connectivity index (χ0n) is 12.1. The summed E-state index contributed by atoms with van der Waals surface area (Å²) in [7, 11) is 0. The Labute approximate surface area is 134 Å². The standard InChI is InChI=1S/C17H19BrN2O/c1-13-16(18)7-8-17(19-13)20-9-10-21-15(12-20)11-14-5-3-2-4-6-14/h2-8,15H,9-12H2,1H3. The van der Waals surface area contributed by atoms with Crippen molar-refractivity contribution in [3.63, 3.8) is 0 Å². The van der Waals surface area contributed by atoms with E-state index in [1.807, 2.05) is 13.0 Å². The number of ether oxygens (including phenoxy) is 1. The number of morpholine rings is 1. The number of aromatic nitrogens is 1. The molecule has 110 valence electrons. The summed E-state index contributed by atoms with van der Waals surface area (Å²) in [4.78, 5) is 6.98. The van der Waals surface area contributed by atoms with Crippen molar-refractivity contribution in [3.8, 4) is 0 Å². The maximum atomic E-state index is 5.91. The van der Waals surface area contributed by atoms with E-state index in [0.29, 0.717) is 0 Å². The molecule has 2 heterocycles. The average molecular weight is 347 g/mol. The molecule has 4 heteroatoms. The van der Waals surface area contributed by atoms with Crippen molar-refractivity contribution in [2.75, 3.05) is 24.6 Å². The number of halogens is 1. The van der Waals surface area contributed by atoms with Gasteiger partial charge in [0.1, 0.15) is 5.82 Å². The molecule has 1 aromatic carbocycles. The molecular weight excluding hydrogens is 328 g/mol. The van der Waals surface area contributed by atoms with Crippen LogP contribution in [0.2, 0.25) is 0 Å². The number of hydrogen-bond donors (Lipinski definition) is 0. The van der Waals surface area contributed by atoms with Gasteiger partial charge in [0.2, 0.25) is 0 Å². The van der Waals surface area contributed by atoms with Crippen molar-refractivity contribution in [1.29, 1.82) is 0 Å². The van der Waals surface area contributed by atoms with Crippen LogP contribution in [0.1, 0.15) is 11.3 Å². The van der Waals surface area contributed by atoms with Crippen molar-refractivity contribution in [2.24, 2.45) is 0 Å². The molecule has 1 fully saturated rings. The Balaban J connectivity index is 1.69. The quantitative estimate of drug-likeness (QED) is 0.848. The first-order valence-electron chi connectivity index (χ1n) is 7.26. The smallest absolute Gasteiger partial charge is 0.129 e. The average Bonchev–Trinajstić information content (AvgIpc) is 2.51. The van der Waals surface area contributed by atoms with Crippen LogP contribution in [0.25, 0.3) is 0 Å². The molecule has 1 aromatic heterocycles. The van der Waals surface area contributed by atoms with Crippen LogP contribution in [0.3, 0.4) is 0 Å². The summed E-state index contributed by atoms with van der Waals surface area (Å²) in [6, 6.07) is 14.7. The number of pyridine rings is 1. The molecule has 2 aromatic rings. The van der Waals surface area contributed by atoms with E-state index < -0.39 is 0 Å². The van der Waals surface area contributed by atoms with Gasteiger partial charge in [-0.05, 0) is 40.5 Å². The Morgan fingerprint density at radius 1 is 1.24 bits per heavy atom. The fourth-order valence-corrected chi connectivity index (χ4v) is 2.86. The highest BCUT2D eigenvalue weighted by Gasteiger charge is 2.22. The lowest BCUT2D eigenvalue weighted by Gasteiger charge is -2.34. The number of benzene rings is 1. The van der Waals surface area contributed by atoms with Crippen LogP contribution in [-0.2, 0) is 11.2 Å². The molecule has 0 spiro atoms. The lowest BCUT2D eigenvalue weighted by atomic mass is 10.1. The van der Waals surface area contributed by atoms with Gasteiger partial charge in [-0.2, -0.15) is 0 Å². The Kier molecular flexibility index (Phi) is 4.56. The number of nitrogens with zero attached hydrogens (tertiary/aromatic N) is 2. The molecule has 0 bridgehead atoms. The Hall–Kier alpha value is -1.39. The van der Waals surface area contributed by atoms with Gasteiger partial charge in [-0.3, -0.25) is 0 Å². The predicted molar refractivity (Wildman–Crippen MR) is 88.8 cm³/mol. The highest BCUT2D eigenvalue weighted by atomic mass is 79.9. The van der Waals surface area contributed by atoms with E-state index in [9.17, 15) is 0 Å². The summed E-state index contributed by atoms with van der Waals surface area (Å²) < 4.78 is 6.96. The third kappa shape index (κ3) is 3.63. The lowest BCUT2D eigenvalue weighted by Crippen LogP contribution is -2.43. The van der Waals surface area contributed by atoms with E-state index >= 15 is 0 Å². The van der Waals surface area contributed by atoms with Gasteiger partial charge in [-0.1, -0.05) is 30.3 Å². The minimum atomic E-state index is 0.229. The van der Waals surface area contributed by atoms with Crippen LogP contribution in [0.15, 0.2) is 46.9 Å². The van der Waals surface area contributed by atoms with Crippen molar-refractivity contribution < 1.29 is 4.74 Å². The van der Waals surface area contributed by atoms with Crippen molar-refractivity contribution in [2.45, 2.75) is 19.4 Å². The number of rotatable bonds is 3. The minimum Gasteiger partial charge on any atom is -0.374 e. The van der Waals surface area contributed by atoms with Crippen molar-refractivity contribution >= 4 is 21.7 Å². The van der Waals surface area contributed by atoms with Gasteiger partial charge in [-0.15, -0.1) is 0 Å². The summed E-state index contributed by atoms with van der Waals surface area (Å²) in [5, 5.41) is 0. The van der Waals surface area contributed by atoms with E-state index in [2.05, 4.69) is 62.2 Å². The largest absolute Gasteiger partial charge is 0.374 e. The van der Waals surface area contributed by atoms with E-state index in [1.165, 1.54) is 5.56 Å². The first-order chi connectivity index (χ1) is 10.2. The van der Waals surface area contributed by atoms with E-state index in [0.717, 1.165) is 42.1 Å².